The first-order valence-electron chi connectivity index (χ1n) is 11.6. The van der Waals surface area contributed by atoms with Gasteiger partial charge in [-0.15, -0.1) is 23.2 Å². The van der Waals surface area contributed by atoms with E-state index in [0.29, 0.717) is 16.5 Å². The van der Waals surface area contributed by atoms with Gasteiger partial charge >= 0.3 is 11.9 Å². The van der Waals surface area contributed by atoms with E-state index in [2.05, 4.69) is 15.9 Å². The summed E-state index contributed by atoms with van der Waals surface area (Å²) in [6, 6.07) is 0. The number of carbonyl (C=O) groups excluding carboxylic acids is 4. The summed E-state index contributed by atoms with van der Waals surface area (Å²) in [4.78, 5) is 48.2. The average molecular weight is 594 g/mol. The van der Waals surface area contributed by atoms with Gasteiger partial charge in [0.1, 0.15) is 6.17 Å². The summed E-state index contributed by atoms with van der Waals surface area (Å²) in [6.07, 6.45) is 2.42. The summed E-state index contributed by atoms with van der Waals surface area (Å²) in [5.74, 6) is -2.90. The molecule has 0 amide bonds. The van der Waals surface area contributed by atoms with Crippen molar-refractivity contribution in [3.05, 3.63) is 22.2 Å². The first-order valence-corrected chi connectivity index (χ1v) is 13.2. The van der Waals surface area contributed by atoms with Gasteiger partial charge in [-0.2, -0.15) is 0 Å². The summed E-state index contributed by atoms with van der Waals surface area (Å²) in [6.45, 7) is 5.52. The molecule has 3 saturated carbocycles. The van der Waals surface area contributed by atoms with Crippen molar-refractivity contribution in [3.8, 4) is 0 Å². The van der Waals surface area contributed by atoms with Crippen LogP contribution >= 0.6 is 39.1 Å². The van der Waals surface area contributed by atoms with E-state index in [1.165, 1.54) is 19.9 Å². The van der Waals surface area contributed by atoms with E-state index < -0.39 is 63.1 Å². The number of hydrogen-bond acceptors (Lipinski definition) is 6. The number of hydrogen-bond donors (Lipinski definition) is 0. The highest BCUT2D eigenvalue weighted by molar-refractivity contribution is 9.12. The molecule has 6 nitrogen and oxygen atoms in total. The molecular formula is C25H28BrCl2FO6. The van der Waals surface area contributed by atoms with Crippen LogP contribution in [0, 0.1) is 22.7 Å². The lowest BCUT2D eigenvalue weighted by atomic mass is 9.46. The number of ketones is 2. The van der Waals surface area contributed by atoms with Crippen molar-refractivity contribution >= 4 is 62.6 Å². The Morgan fingerprint density at radius 2 is 1.86 bits per heavy atom. The predicted molar refractivity (Wildman–Crippen MR) is 131 cm³/mol. The summed E-state index contributed by atoms with van der Waals surface area (Å²) in [5.41, 5.74) is -3.28. The molecule has 0 saturated heterocycles. The number of ether oxygens (including phenoxy) is 2. The zero-order valence-corrected chi connectivity index (χ0v) is 23.1. The zero-order valence-electron chi connectivity index (χ0n) is 20.0. The molecule has 0 radical (unpaired) electrons. The van der Waals surface area contributed by atoms with E-state index in [-0.39, 0.29) is 31.0 Å². The second-order valence-electron chi connectivity index (χ2n) is 10.6. The third-order valence-electron chi connectivity index (χ3n) is 8.94. The summed E-state index contributed by atoms with van der Waals surface area (Å²) < 4.78 is 26.7. The molecule has 0 heterocycles. The van der Waals surface area contributed by atoms with Crippen LogP contribution in [0.15, 0.2) is 22.2 Å². The number of halogens is 4. The Hall–Kier alpha value is -1.25. The molecule has 4 aliphatic rings. The van der Waals surface area contributed by atoms with Crippen LogP contribution in [0.25, 0.3) is 0 Å². The molecule has 35 heavy (non-hydrogen) atoms. The third-order valence-corrected chi connectivity index (χ3v) is 11.1. The smallest absolute Gasteiger partial charge is 0.303 e. The maximum absolute atomic E-state index is 15.7. The van der Waals surface area contributed by atoms with Crippen molar-refractivity contribution in [1.82, 2.24) is 0 Å². The quantitative estimate of drug-likeness (QED) is 0.338. The van der Waals surface area contributed by atoms with Crippen molar-refractivity contribution in [2.45, 2.75) is 75.4 Å². The highest BCUT2D eigenvalue weighted by Crippen LogP contribution is 2.72. The first kappa shape index (κ1) is 26.8. The fraction of sp³-hybridized carbons (Fsp3) is 0.680. The molecule has 3 fully saturated rings. The molecule has 0 aromatic rings. The minimum atomic E-state index is -1.58. The monoisotopic (exact) mass is 592 g/mol. The Kier molecular flexibility index (Phi) is 6.63. The molecule has 4 aliphatic carbocycles. The molecule has 10 heteroatoms. The second kappa shape index (κ2) is 8.66. The lowest BCUT2D eigenvalue weighted by Gasteiger charge is -2.64. The van der Waals surface area contributed by atoms with Gasteiger partial charge in [0, 0.05) is 24.7 Å². The van der Waals surface area contributed by atoms with Crippen molar-refractivity contribution in [2.24, 2.45) is 22.7 Å². The van der Waals surface area contributed by atoms with Crippen LogP contribution < -0.4 is 0 Å². The summed E-state index contributed by atoms with van der Waals surface area (Å²) in [5, 5.41) is -0.754. The Morgan fingerprint density at radius 1 is 1.20 bits per heavy atom. The van der Waals surface area contributed by atoms with Gasteiger partial charge in [-0.1, -0.05) is 19.9 Å². The van der Waals surface area contributed by atoms with Crippen LogP contribution in [0.2, 0.25) is 0 Å². The maximum atomic E-state index is 15.7. The Balaban J connectivity index is 1.82. The van der Waals surface area contributed by atoms with Crippen LogP contribution in [0.3, 0.4) is 0 Å². The Morgan fingerprint density at radius 3 is 2.46 bits per heavy atom. The molecule has 0 N–H and O–H groups in total. The topological polar surface area (TPSA) is 86.7 Å². The number of carbonyl (C=O) groups is 4. The molecule has 0 aliphatic heterocycles. The maximum Gasteiger partial charge on any atom is 0.303 e. The van der Waals surface area contributed by atoms with E-state index in [9.17, 15) is 19.2 Å². The van der Waals surface area contributed by atoms with Crippen molar-refractivity contribution in [1.29, 1.82) is 0 Å². The normalized spacial score (nSPS) is 44.3. The van der Waals surface area contributed by atoms with Gasteiger partial charge in [0.2, 0.25) is 5.78 Å². The van der Waals surface area contributed by atoms with Crippen LogP contribution in [0.4, 0.5) is 4.39 Å². The summed E-state index contributed by atoms with van der Waals surface area (Å²) in [7, 11) is 0. The van der Waals surface area contributed by atoms with E-state index in [4.69, 9.17) is 32.7 Å². The number of Topliss-reactive ketones (excluding diaryl/α,β-unsaturated/α-hetero) is 1. The zero-order chi connectivity index (χ0) is 26.1. The average Bonchev–Trinajstić information content (AvgIpc) is 3.03. The van der Waals surface area contributed by atoms with Gasteiger partial charge in [0.05, 0.1) is 14.7 Å². The van der Waals surface area contributed by atoms with Crippen LogP contribution in [-0.2, 0) is 28.7 Å². The fourth-order valence-corrected chi connectivity index (χ4v) is 9.16. The number of alkyl halides is 3. The van der Waals surface area contributed by atoms with Crippen molar-refractivity contribution in [2.75, 3.05) is 6.61 Å². The Labute approximate surface area is 222 Å². The van der Waals surface area contributed by atoms with Gasteiger partial charge in [0.25, 0.3) is 0 Å². The molecular weight excluding hydrogens is 566 g/mol. The van der Waals surface area contributed by atoms with Crippen LogP contribution in [-0.4, -0.2) is 52.1 Å². The fourth-order valence-electron chi connectivity index (χ4n) is 7.39. The largest absolute Gasteiger partial charge is 0.458 e. The second-order valence-corrected chi connectivity index (χ2v) is 12.6. The highest BCUT2D eigenvalue weighted by Gasteiger charge is 2.75. The molecule has 0 bridgehead atoms. The molecule has 0 aromatic carbocycles. The van der Waals surface area contributed by atoms with Crippen LogP contribution in [0.5, 0.6) is 0 Å². The third kappa shape index (κ3) is 3.60. The van der Waals surface area contributed by atoms with Gasteiger partial charge < -0.3 is 9.47 Å². The number of fused-ring (bicyclic) bond motifs is 5. The molecule has 8 atom stereocenters. The van der Waals surface area contributed by atoms with E-state index in [0.717, 1.165) is 0 Å². The van der Waals surface area contributed by atoms with Gasteiger partial charge in [-0.25, -0.2) is 4.39 Å². The number of rotatable bonds is 4. The van der Waals surface area contributed by atoms with E-state index in [1.54, 1.807) is 13.0 Å². The molecule has 4 rings (SSSR count). The minimum absolute atomic E-state index is 0.0292. The highest BCUT2D eigenvalue weighted by atomic mass is 79.9. The SMILES string of the molecule is CC(=O)OCC(=O)[C@@]1(OC(C)=O)CC[C@H]2[C@@H]3C[C@@H](F)C4=CC(=O)C(Br)=C[C@]4(C)[C@@]3(Cl)[C@@H](Cl)C[C@@]21C. The molecule has 192 valence electrons. The number of allylic oxidation sites excluding steroid dienone is 4. The molecule has 0 aromatic heterocycles. The lowest BCUT2D eigenvalue weighted by molar-refractivity contribution is -0.189. The number of esters is 2. The van der Waals surface area contributed by atoms with E-state index in [1.807, 2.05) is 6.92 Å². The standard InChI is InChI=1S/C25H28BrCl2FO6/c1-12(30)34-11-21(33)24(35-13(2)31)6-5-14-15-7-18(29)16-8-19(32)17(26)9-23(16,4)25(15,28)20(27)10-22(14,24)3/h8-9,14-15,18,20H,5-7,10-11H2,1-4H3/t14-,15-,18+,20-,22-,23-,24-,25-/m0/s1. The Bertz CT molecular complexity index is 1080. The van der Waals surface area contributed by atoms with Gasteiger partial charge in [0.15, 0.2) is 18.0 Å². The first-order chi connectivity index (χ1) is 16.1. The predicted octanol–water partition coefficient (Wildman–Crippen LogP) is 4.98. The van der Waals surface area contributed by atoms with Gasteiger partial charge in [-0.05, 0) is 65.1 Å². The van der Waals surface area contributed by atoms with Crippen LogP contribution in [0.1, 0.15) is 53.4 Å². The minimum Gasteiger partial charge on any atom is -0.458 e. The van der Waals surface area contributed by atoms with Crippen molar-refractivity contribution < 1.29 is 33.0 Å². The molecule has 0 unspecified atom stereocenters. The summed E-state index contributed by atoms with van der Waals surface area (Å²) >= 11 is 17.8. The molecule has 0 spiro atoms. The lowest BCUT2D eigenvalue weighted by Crippen LogP contribution is -2.69. The van der Waals surface area contributed by atoms with Gasteiger partial charge in [-0.3, -0.25) is 19.2 Å². The van der Waals surface area contributed by atoms with E-state index >= 15 is 4.39 Å². The van der Waals surface area contributed by atoms with Crippen molar-refractivity contribution in [3.63, 3.8) is 0 Å².